The molecule has 2 atom stereocenters. The Kier molecular flexibility index (Phi) is 5.44. The Morgan fingerprint density at radius 1 is 1.32 bits per heavy atom. The highest BCUT2D eigenvalue weighted by Gasteiger charge is 2.37. The molecule has 0 aromatic heterocycles. The van der Waals surface area contributed by atoms with Crippen LogP contribution in [0.4, 0.5) is 8.78 Å². The average Bonchev–Trinajstić information content (AvgIpc) is 2.41. The van der Waals surface area contributed by atoms with Crippen LogP contribution in [0.25, 0.3) is 0 Å². The van der Waals surface area contributed by atoms with Gasteiger partial charge in [-0.3, -0.25) is 0 Å². The zero-order valence-corrected chi connectivity index (χ0v) is 12.3. The molecule has 0 fully saturated rings. The van der Waals surface area contributed by atoms with E-state index in [0.717, 1.165) is 0 Å². The summed E-state index contributed by atoms with van der Waals surface area (Å²) in [6.07, 6.45) is 0.647. The van der Waals surface area contributed by atoms with Gasteiger partial charge in [-0.1, -0.05) is 19.9 Å². The second kappa shape index (κ2) is 6.44. The molecule has 1 rings (SSSR count). The maximum Gasteiger partial charge on any atom is 0.133 e. The first kappa shape index (κ1) is 16.1. The first-order chi connectivity index (χ1) is 8.91. The van der Waals surface area contributed by atoms with E-state index in [1.807, 2.05) is 20.8 Å². The van der Waals surface area contributed by atoms with Gasteiger partial charge in [0.15, 0.2) is 0 Å². The maximum absolute atomic E-state index is 14.3. The van der Waals surface area contributed by atoms with Gasteiger partial charge in [0.1, 0.15) is 11.6 Å². The molecular weight excluding hydrogens is 248 g/mol. The van der Waals surface area contributed by atoms with E-state index < -0.39 is 23.3 Å². The number of ether oxygens (including phenoxy) is 1. The van der Waals surface area contributed by atoms with Crippen LogP contribution >= 0.6 is 0 Å². The maximum atomic E-state index is 14.3. The van der Waals surface area contributed by atoms with Crippen LogP contribution in [-0.4, -0.2) is 19.3 Å². The predicted molar refractivity (Wildman–Crippen MR) is 73.2 cm³/mol. The molecular formula is C15H23F2NO. The van der Waals surface area contributed by atoms with Crippen LogP contribution < -0.4 is 5.32 Å². The highest BCUT2D eigenvalue weighted by molar-refractivity contribution is 5.31. The van der Waals surface area contributed by atoms with E-state index in [4.69, 9.17) is 4.74 Å². The third kappa shape index (κ3) is 3.12. The van der Waals surface area contributed by atoms with Gasteiger partial charge in [-0.05, 0) is 38.4 Å². The van der Waals surface area contributed by atoms with Crippen LogP contribution in [0.15, 0.2) is 12.1 Å². The normalized spacial score (nSPS) is 16.2. The van der Waals surface area contributed by atoms with Crippen molar-refractivity contribution in [3.8, 4) is 0 Å². The van der Waals surface area contributed by atoms with Gasteiger partial charge in [0.2, 0.25) is 0 Å². The van der Waals surface area contributed by atoms with Crippen LogP contribution in [0, 0.1) is 18.6 Å². The third-order valence-corrected chi connectivity index (χ3v) is 3.80. The van der Waals surface area contributed by atoms with Crippen molar-refractivity contribution >= 4 is 0 Å². The molecule has 0 aliphatic heterocycles. The summed E-state index contributed by atoms with van der Waals surface area (Å²) < 4.78 is 33.9. The smallest absolute Gasteiger partial charge is 0.133 e. The zero-order valence-electron chi connectivity index (χ0n) is 12.3. The summed E-state index contributed by atoms with van der Waals surface area (Å²) in [5.41, 5.74) is -0.159. The number of hydrogen-bond acceptors (Lipinski definition) is 2. The summed E-state index contributed by atoms with van der Waals surface area (Å²) in [5, 5.41) is 3.15. The Balaban J connectivity index is 3.38. The van der Waals surface area contributed by atoms with Crippen molar-refractivity contribution in [2.45, 2.75) is 45.8 Å². The number of aryl methyl sites for hydroxylation is 1. The molecule has 108 valence electrons. The van der Waals surface area contributed by atoms with Gasteiger partial charge in [-0.2, -0.15) is 0 Å². The van der Waals surface area contributed by atoms with Crippen LogP contribution in [-0.2, 0) is 4.74 Å². The van der Waals surface area contributed by atoms with Gasteiger partial charge in [-0.15, -0.1) is 0 Å². The molecule has 0 bridgehead atoms. The van der Waals surface area contributed by atoms with Gasteiger partial charge in [0, 0.05) is 12.7 Å². The summed E-state index contributed by atoms with van der Waals surface area (Å²) in [7, 11) is 1.57. The fourth-order valence-electron chi connectivity index (χ4n) is 2.24. The number of halogens is 2. The minimum absolute atomic E-state index is 0.0630. The van der Waals surface area contributed by atoms with E-state index in [9.17, 15) is 8.78 Å². The quantitative estimate of drug-likeness (QED) is 0.851. The Hall–Kier alpha value is -1.00. The number of likely N-dealkylation sites (N-methyl/N-ethyl adjacent to an activating group) is 1. The second-order valence-electron chi connectivity index (χ2n) is 4.95. The van der Waals surface area contributed by atoms with Gasteiger partial charge in [-0.25, -0.2) is 8.78 Å². The summed E-state index contributed by atoms with van der Waals surface area (Å²) >= 11 is 0. The fraction of sp³-hybridized carbons (Fsp3) is 0.600. The fourth-order valence-corrected chi connectivity index (χ4v) is 2.24. The van der Waals surface area contributed by atoms with E-state index in [-0.39, 0.29) is 5.56 Å². The van der Waals surface area contributed by atoms with Gasteiger partial charge < -0.3 is 10.1 Å². The molecule has 0 saturated carbocycles. The Morgan fingerprint density at radius 3 is 2.42 bits per heavy atom. The topological polar surface area (TPSA) is 21.3 Å². The molecule has 0 amide bonds. The van der Waals surface area contributed by atoms with E-state index in [1.165, 1.54) is 12.1 Å². The number of hydrogen-bond donors (Lipinski definition) is 1. The van der Waals surface area contributed by atoms with Crippen LogP contribution in [0.1, 0.15) is 44.4 Å². The van der Waals surface area contributed by atoms with Crippen LogP contribution in [0.2, 0.25) is 0 Å². The SMILES string of the molecule is CCNC(c1c(F)ccc(C)c1F)C(C)(CC)OC. The van der Waals surface area contributed by atoms with Crippen molar-refractivity contribution in [3.05, 3.63) is 34.9 Å². The van der Waals surface area contributed by atoms with Gasteiger partial charge in [0.25, 0.3) is 0 Å². The van der Waals surface area contributed by atoms with Crippen LogP contribution in [0.5, 0.6) is 0 Å². The number of rotatable bonds is 6. The molecule has 19 heavy (non-hydrogen) atoms. The molecule has 0 aliphatic carbocycles. The van der Waals surface area contributed by atoms with Crippen LogP contribution in [0.3, 0.4) is 0 Å². The molecule has 2 unspecified atom stereocenters. The molecule has 1 N–H and O–H groups in total. The number of benzene rings is 1. The summed E-state index contributed by atoms with van der Waals surface area (Å²) in [6, 6.07) is 2.24. The van der Waals surface area contributed by atoms with E-state index in [1.54, 1.807) is 14.0 Å². The van der Waals surface area contributed by atoms with Gasteiger partial charge >= 0.3 is 0 Å². The molecule has 4 heteroatoms. The van der Waals surface area contributed by atoms with E-state index >= 15 is 0 Å². The lowest BCUT2D eigenvalue weighted by molar-refractivity contribution is -0.0314. The first-order valence-corrected chi connectivity index (χ1v) is 6.64. The second-order valence-corrected chi connectivity index (χ2v) is 4.95. The number of methoxy groups -OCH3 is 1. The third-order valence-electron chi connectivity index (χ3n) is 3.80. The van der Waals surface area contributed by atoms with Crippen molar-refractivity contribution in [2.75, 3.05) is 13.7 Å². The van der Waals surface area contributed by atoms with Crippen molar-refractivity contribution in [1.29, 1.82) is 0 Å². The molecule has 0 radical (unpaired) electrons. The molecule has 0 spiro atoms. The van der Waals surface area contributed by atoms with Crippen molar-refractivity contribution in [1.82, 2.24) is 5.32 Å². The Labute approximate surface area is 114 Å². The number of nitrogens with one attached hydrogen (secondary N) is 1. The molecule has 0 heterocycles. The summed E-state index contributed by atoms with van der Waals surface area (Å²) in [6.45, 7) is 7.96. The average molecular weight is 271 g/mol. The van der Waals surface area contributed by atoms with Gasteiger partial charge in [0.05, 0.1) is 11.6 Å². The first-order valence-electron chi connectivity index (χ1n) is 6.64. The standard InChI is InChI=1S/C15H23F2NO/c1-6-15(4,19-5)14(18-7-2)12-11(16)9-8-10(3)13(12)17/h8-9,14,18H,6-7H2,1-5H3. The lowest BCUT2D eigenvalue weighted by Crippen LogP contribution is -2.43. The summed E-state index contributed by atoms with van der Waals surface area (Å²) in [4.78, 5) is 0. The van der Waals surface area contributed by atoms with E-state index in [2.05, 4.69) is 5.32 Å². The minimum Gasteiger partial charge on any atom is -0.377 e. The zero-order chi connectivity index (χ0) is 14.6. The molecule has 0 saturated heterocycles. The molecule has 1 aromatic carbocycles. The largest absolute Gasteiger partial charge is 0.377 e. The molecule has 1 aromatic rings. The molecule has 0 aliphatic rings. The lowest BCUT2D eigenvalue weighted by atomic mass is 9.86. The van der Waals surface area contributed by atoms with Crippen molar-refractivity contribution < 1.29 is 13.5 Å². The lowest BCUT2D eigenvalue weighted by Gasteiger charge is -2.37. The summed E-state index contributed by atoms with van der Waals surface area (Å²) in [5.74, 6) is -1.03. The monoisotopic (exact) mass is 271 g/mol. The van der Waals surface area contributed by atoms with Crippen molar-refractivity contribution in [3.63, 3.8) is 0 Å². The van der Waals surface area contributed by atoms with Crippen molar-refractivity contribution in [2.24, 2.45) is 0 Å². The Morgan fingerprint density at radius 2 is 1.95 bits per heavy atom. The molecule has 2 nitrogen and oxygen atoms in total. The highest BCUT2D eigenvalue weighted by atomic mass is 19.1. The minimum atomic E-state index is -0.661. The Bertz CT molecular complexity index is 430. The van der Waals surface area contributed by atoms with E-state index in [0.29, 0.717) is 18.5 Å². The predicted octanol–water partition coefficient (Wildman–Crippen LogP) is 3.74. The highest BCUT2D eigenvalue weighted by Crippen LogP contribution is 2.35.